The molecule has 1 saturated heterocycles. The van der Waals surface area contributed by atoms with Crippen molar-refractivity contribution in [1.82, 2.24) is 0 Å². The quantitative estimate of drug-likeness (QED) is 0.514. The first-order valence-electron chi connectivity index (χ1n) is 5.82. The Bertz CT molecular complexity index is 237. The summed E-state index contributed by atoms with van der Waals surface area (Å²) in [6.07, 6.45) is 5.01. The second kappa shape index (κ2) is 7.41. The van der Waals surface area contributed by atoms with Crippen LogP contribution in [-0.4, -0.2) is 32.1 Å². The van der Waals surface area contributed by atoms with E-state index in [0.29, 0.717) is 25.7 Å². The highest BCUT2D eigenvalue weighted by atomic mass is 16.7. The normalized spacial score (nSPS) is 25.1. The Balaban J connectivity index is 2.17. The largest absolute Gasteiger partial charge is 0.463 e. The average molecular weight is 228 g/mol. The molecule has 1 aliphatic heterocycles. The van der Waals surface area contributed by atoms with Crippen LogP contribution in [0.15, 0.2) is 12.2 Å². The summed E-state index contributed by atoms with van der Waals surface area (Å²) in [5.74, 6) is 0.171. The highest BCUT2D eigenvalue weighted by Gasteiger charge is 2.24. The molecule has 0 aliphatic carbocycles. The summed E-state index contributed by atoms with van der Waals surface area (Å²) in [7, 11) is 0. The number of hydrogen-bond donors (Lipinski definition) is 0. The minimum atomic E-state index is -0.275. The predicted octanol–water partition coefficient (Wildman–Crippen LogP) is 1.89. The van der Waals surface area contributed by atoms with E-state index in [9.17, 15) is 4.79 Å². The van der Waals surface area contributed by atoms with Crippen molar-refractivity contribution in [2.45, 2.75) is 33.0 Å². The summed E-state index contributed by atoms with van der Waals surface area (Å²) < 4.78 is 15.6. The Labute approximate surface area is 96.6 Å². The third-order valence-corrected chi connectivity index (χ3v) is 2.41. The van der Waals surface area contributed by atoms with Crippen LogP contribution in [0.25, 0.3) is 0 Å². The van der Waals surface area contributed by atoms with Crippen molar-refractivity contribution in [2.24, 2.45) is 5.92 Å². The minimum Gasteiger partial charge on any atom is -0.463 e. The van der Waals surface area contributed by atoms with Crippen molar-refractivity contribution in [2.75, 3.05) is 19.8 Å². The number of allylic oxidation sites excluding steroid dienone is 1. The zero-order valence-corrected chi connectivity index (χ0v) is 9.98. The SMILES string of the molecule is CCOC(=O)/C=C/C[C@H]1CO[C@H](OCC)C1. The Hall–Kier alpha value is -0.870. The monoisotopic (exact) mass is 228 g/mol. The van der Waals surface area contributed by atoms with E-state index in [4.69, 9.17) is 14.2 Å². The van der Waals surface area contributed by atoms with Crippen LogP contribution >= 0.6 is 0 Å². The maximum absolute atomic E-state index is 11.0. The number of ether oxygens (including phenoxy) is 3. The second-order valence-corrected chi connectivity index (χ2v) is 3.71. The van der Waals surface area contributed by atoms with Crippen LogP contribution in [0.3, 0.4) is 0 Å². The average Bonchev–Trinajstić information content (AvgIpc) is 2.67. The molecular weight excluding hydrogens is 208 g/mol. The third-order valence-electron chi connectivity index (χ3n) is 2.41. The van der Waals surface area contributed by atoms with E-state index in [1.54, 1.807) is 6.92 Å². The van der Waals surface area contributed by atoms with Crippen LogP contribution in [0.4, 0.5) is 0 Å². The molecule has 0 amide bonds. The molecule has 1 fully saturated rings. The Kier molecular flexibility index (Phi) is 6.11. The number of hydrogen-bond acceptors (Lipinski definition) is 4. The zero-order chi connectivity index (χ0) is 11.8. The Morgan fingerprint density at radius 1 is 1.44 bits per heavy atom. The van der Waals surface area contributed by atoms with Gasteiger partial charge in [0.05, 0.1) is 13.2 Å². The second-order valence-electron chi connectivity index (χ2n) is 3.71. The molecule has 16 heavy (non-hydrogen) atoms. The lowest BCUT2D eigenvalue weighted by Gasteiger charge is -2.07. The highest BCUT2D eigenvalue weighted by molar-refractivity contribution is 5.81. The maximum Gasteiger partial charge on any atom is 0.330 e. The highest BCUT2D eigenvalue weighted by Crippen LogP contribution is 2.23. The van der Waals surface area contributed by atoms with Gasteiger partial charge in [-0.05, 0) is 26.2 Å². The lowest BCUT2D eigenvalue weighted by Crippen LogP contribution is -2.09. The van der Waals surface area contributed by atoms with Crippen LogP contribution in [-0.2, 0) is 19.0 Å². The van der Waals surface area contributed by atoms with Crippen molar-refractivity contribution in [3.05, 3.63) is 12.2 Å². The van der Waals surface area contributed by atoms with Crippen LogP contribution in [0.5, 0.6) is 0 Å². The molecule has 0 aromatic heterocycles. The topological polar surface area (TPSA) is 44.8 Å². The standard InChI is InChI=1S/C12H20O4/c1-3-14-11(13)7-5-6-10-8-12(15-4-2)16-9-10/h5,7,10,12H,3-4,6,8-9H2,1-2H3/b7-5+/t10-,12+/m1/s1. The van der Waals surface area contributed by atoms with Gasteiger partial charge in [-0.1, -0.05) is 6.08 Å². The third kappa shape index (κ3) is 4.77. The fraction of sp³-hybridized carbons (Fsp3) is 0.750. The van der Waals surface area contributed by atoms with E-state index in [1.807, 2.05) is 13.0 Å². The van der Waals surface area contributed by atoms with Gasteiger partial charge in [0.2, 0.25) is 0 Å². The molecule has 0 unspecified atom stereocenters. The molecule has 0 N–H and O–H groups in total. The molecule has 1 heterocycles. The van der Waals surface area contributed by atoms with Gasteiger partial charge in [-0.15, -0.1) is 0 Å². The van der Waals surface area contributed by atoms with E-state index in [0.717, 1.165) is 12.8 Å². The van der Waals surface area contributed by atoms with Gasteiger partial charge >= 0.3 is 5.97 Å². The molecule has 0 aromatic carbocycles. The van der Waals surface area contributed by atoms with Gasteiger partial charge in [-0.3, -0.25) is 0 Å². The molecule has 92 valence electrons. The minimum absolute atomic E-state index is 0.0639. The predicted molar refractivity (Wildman–Crippen MR) is 59.9 cm³/mol. The van der Waals surface area contributed by atoms with Crippen molar-refractivity contribution in [3.63, 3.8) is 0 Å². The molecule has 0 bridgehead atoms. The van der Waals surface area contributed by atoms with Gasteiger partial charge in [0, 0.05) is 19.1 Å². The molecule has 2 atom stereocenters. The Morgan fingerprint density at radius 2 is 2.25 bits per heavy atom. The summed E-state index contributed by atoms with van der Waals surface area (Å²) in [4.78, 5) is 11.0. The van der Waals surface area contributed by atoms with Crippen molar-refractivity contribution < 1.29 is 19.0 Å². The summed E-state index contributed by atoms with van der Waals surface area (Å²) in [6, 6.07) is 0. The summed E-state index contributed by atoms with van der Waals surface area (Å²) in [6.45, 7) is 5.55. The van der Waals surface area contributed by atoms with Gasteiger partial charge in [0.1, 0.15) is 0 Å². The molecular formula is C12H20O4. The molecule has 4 nitrogen and oxygen atoms in total. The fourth-order valence-corrected chi connectivity index (χ4v) is 1.67. The molecule has 0 saturated carbocycles. The lowest BCUT2D eigenvalue weighted by molar-refractivity contribution is -0.137. The summed E-state index contributed by atoms with van der Waals surface area (Å²) in [5, 5.41) is 0. The van der Waals surface area contributed by atoms with Gasteiger partial charge in [0.25, 0.3) is 0 Å². The lowest BCUT2D eigenvalue weighted by atomic mass is 10.0. The number of carbonyl (C=O) groups excluding carboxylic acids is 1. The molecule has 4 heteroatoms. The number of rotatable bonds is 6. The van der Waals surface area contributed by atoms with Crippen LogP contribution < -0.4 is 0 Å². The van der Waals surface area contributed by atoms with E-state index < -0.39 is 0 Å². The van der Waals surface area contributed by atoms with Crippen LogP contribution in [0.1, 0.15) is 26.7 Å². The first-order valence-corrected chi connectivity index (χ1v) is 5.82. The van der Waals surface area contributed by atoms with E-state index in [-0.39, 0.29) is 12.3 Å². The number of carbonyl (C=O) groups is 1. The summed E-state index contributed by atoms with van der Waals surface area (Å²) >= 11 is 0. The van der Waals surface area contributed by atoms with Gasteiger partial charge in [0.15, 0.2) is 6.29 Å². The molecule has 0 radical (unpaired) electrons. The van der Waals surface area contributed by atoms with E-state index >= 15 is 0 Å². The van der Waals surface area contributed by atoms with Gasteiger partial charge in [-0.25, -0.2) is 4.79 Å². The molecule has 0 spiro atoms. The van der Waals surface area contributed by atoms with Crippen molar-refractivity contribution in [3.8, 4) is 0 Å². The van der Waals surface area contributed by atoms with Crippen molar-refractivity contribution in [1.29, 1.82) is 0 Å². The smallest absolute Gasteiger partial charge is 0.330 e. The fourth-order valence-electron chi connectivity index (χ4n) is 1.67. The molecule has 0 aromatic rings. The van der Waals surface area contributed by atoms with Crippen LogP contribution in [0.2, 0.25) is 0 Å². The molecule has 1 aliphatic rings. The van der Waals surface area contributed by atoms with E-state index in [2.05, 4.69) is 0 Å². The van der Waals surface area contributed by atoms with Gasteiger partial charge < -0.3 is 14.2 Å². The first kappa shape index (κ1) is 13.2. The van der Waals surface area contributed by atoms with Gasteiger partial charge in [-0.2, -0.15) is 0 Å². The van der Waals surface area contributed by atoms with Crippen LogP contribution in [0, 0.1) is 5.92 Å². The maximum atomic E-state index is 11.0. The first-order chi connectivity index (χ1) is 7.76. The Morgan fingerprint density at radius 3 is 2.94 bits per heavy atom. The molecule has 1 rings (SSSR count). The van der Waals surface area contributed by atoms with Crippen molar-refractivity contribution >= 4 is 5.97 Å². The zero-order valence-electron chi connectivity index (χ0n) is 9.98. The number of esters is 1. The van der Waals surface area contributed by atoms with E-state index in [1.165, 1.54) is 6.08 Å². The summed E-state index contributed by atoms with van der Waals surface area (Å²) in [5.41, 5.74) is 0.